The number of hydrogen-bond acceptors (Lipinski definition) is 4. The van der Waals surface area contributed by atoms with Crippen molar-refractivity contribution in [3.63, 3.8) is 0 Å². The molecule has 6 rings (SSSR count). The molecule has 39 heavy (non-hydrogen) atoms. The van der Waals surface area contributed by atoms with E-state index in [1.807, 2.05) is 24.3 Å². The lowest BCUT2D eigenvalue weighted by atomic mass is 9.84. The Balaban J connectivity index is 1.08. The number of carbonyl (C=O) groups excluding carboxylic acids is 1. The van der Waals surface area contributed by atoms with Gasteiger partial charge in [0.15, 0.2) is 0 Å². The molecule has 2 aliphatic heterocycles. The summed E-state index contributed by atoms with van der Waals surface area (Å²) in [6.45, 7) is 4.37. The van der Waals surface area contributed by atoms with Gasteiger partial charge in [-0.1, -0.05) is 60.7 Å². The summed E-state index contributed by atoms with van der Waals surface area (Å²) in [7, 11) is 0. The highest BCUT2D eigenvalue weighted by Crippen LogP contribution is 2.37. The van der Waals surface area contributed by atoms with Crippen LogP contribution in [0.2, 0.25) is 0 Å². The Morgan fingerprint density at radius 2 is 1.69 bits per heavy atom. The summed E-state index contributed by atoms with van der Waals surface area (Å²) in [4.78, 5) is 18.2. The van der Waals surface area contributed by atoms with Crippen molar-refractivity contribution in [2.45, 2.75) is 43.6 Å². The molecule has 0 bridgehead atoms. The van der Waals surface area contributed by atoms with Crippen molar-refractivity contribution in [2.75, 3.05) is 32.7 Å². The summed E-state index contributed by atoms with van der Waals surface area (Å²) in [6.07, 6.45) is 4.58. The predicted molar refractivity (Wildman–Crippen MR) is 160 cm³/mol. The first-order valence-corrected chi connectivity index (χ1v) is 15.3. The van der Waals surface area contributed by atoms with E-state index in [0.29, 0.717) is 11.8 Å². The lowest BCUT2D eigenvalue weighted by Gasteiger charge is -2.39. The molecule has 1 amide bonds. The maximum Gasteiger partial charge on any atom is 0.253 e. The molecule has 1 aromatic heterocycles. The molecule has 2 atom stereocenters. The molecule has 0 spiro atoms. The van der Waals surface area contributed by atoms with E-state index in [0.717, 1.165) is 81.2 Å². The summed E-state index contributed by atoms with van der Waals surface area (Å²) in [5.41, 5.74) is 2.93. The number of carbonyl (C=O) groups is 1. The van der Waals surface area contributed by atoms with Crippen LogP contribution >= 0.6 is 11.3 Å². The number of aliphatic hydroxyl groups is 1. The lowest BCUT2D eigenvalue weighted by Crippen LogP contribution is -2.46. The first-order chi connectivity index (χ1) is 19.1. The Kier molecular flexibility index (Phi) is 7.83. The third-order valence-corrected chi connectivity index (χ3v) is 9.63. The van der Waals surface area contributed by atoms with Gasteiger partial charge < -0.3 is 14.9 Å². The van der Waals surface area contributed by atoms with Crippen molar-refractivity contribution in [3.05, 3.63) is 106 Å². The van der Waals surface area contributed by atoms with Crippen LogP contribution in [0.15, 0.2) is 89.6 Å². The van der Waals surface area contributed by atoms with E-state index in [1.165, 1.54) is 11.1 Å². The van der Waals surface area contributed by atoms with Crippen LogP contribution in [0.25, 0.3) is 10.8 Å². The van der Waals surface area contributed by atoms with Crippen molar-refractivity contribution in [1.82, 2.24) is 9.80 Å². The fraction of sp³-hybridized carbons (Fsp3) is 0.382. The van der Waals surface area contributed by atoms with Gasteiger partial charge in [0.1, 0.15) is 0 Å². The summed E-state index contributed by atoms with van der Waals surface area (Å²) >= 11 is 1.74. The fourth-order valence-electron chi connectivity index (χ4n) is 6.59. The molecular formula is C34H38N2O2S. The van der Waals surface area contributed by atoms with Crippen molar-refractivity contribution in [1.29, 1.82) is 0 Å². The van der Waals surface area contributed by atoms with Gasteiger partial charge in [-0.15, -0.1) is 0 Å². The van der Waals surface area contributed by atoms with Crippen LogP contribution in [0.5, 0.6) is 0 Å². The zero-order valence-corrected chi connectivity index (χ0v) is 23.4. The van der Waals surface area contributed by atoms with E-state index in [2.05, 4.69) is 75.2 Å². The van der Waals surface area contributed by atoms with Crippen molar-refractivity contribution >= 4 is 28.0 Å². The third kappa shape index (κ3) is 6.11. The van der Waals surface area contributed by atoms with Gasteiger partial charge in [0, 0.05) is 44.2 Å². The standard InChI is InChI=1S/C34H38N2O2S/c37-33(29-13-12-27-10-4-5-11-28(27)21-29)36-23-31(32(24-36)30-14-20-39-25-30)22-35-18-16-34(38,17-19-35)15-6-9-26-7-2-1-3-8-26/h1-5,7-8,10-14,20-21,25,31-32,38H,6,9,15-19,22-24H2. The second kappa shape index (κ2) is 11.6. The van der Waals surface area contributed by atoms with Crippen molar-refractivity contribution < 1.29 is 9.90 Å². The molecule has 0 aliphatic carbocycles. The van der Waals surface area contributed by atoms with Crippen LogP contribution in [0.3, 0.4) is 0 Å². The highest BCUT2D eigenvalue weighted by Gasteiger charge is 2.39. The van der Waals surface area contributed by atoms with Crippen LogP contribution in [0.1, 0.15) is 53.1 Å². The normalized spacial score (nSPS) is 21.4. The molecule has 0 saturated carbocycles. The number of nitrogens with zero attached hydrogens (tertiary/aromatic N) is 2. The minimum atomic E-state index is -0.550. The van der Waals surface area contributed by atoms with Gasteiger partial charge in [-0.3, -0.25) is 4.79 Å². The van der Waals surface area contributed by atoms with E-state index in [4.69, 9.17) is 0 Å². The van der Waals surface area contributed by atoms with Crippen LogP contribution in [-0.2, 0) is 6.42 Å². The zero-order chi connectivity index (χ0) is 26.7. The molecule has 0 radical (unpaired) electrons. The number of fused-ring (bicyclic) bond motifs is 1. The van der Waals surface area contributed by atoms with Gasteiger partial charge in [-0.05, 0) is 88.9 Å². The molecule has 3 heterocycles. The number of piperidine rings is 1. The lowest BCUT2D eigenvalue weighted by molar-refractivity contribution is -0.0315. The van der Waals surface area contributed by atoms with E-state index >= 15 is 0 Å². The minimum absolute atomic E-state index is 0.134. The smallest absolute Gasteiger partial charge is 0.253 e. The van der Waals surface area contributed by atoms with Gasteiger partial charge in [0.05, 0.1) is 5.60 Å². The first kappa shape index (κ1) is 26.2. The number of thiophene rings is 1. The largest absolute Gasteiger partial charge is 0.390 e. The molecule has 5 heteroatoms. The minimum Gasteiger partial charge on any atom is -0.390 e. The number of hydrogen-bond donors (Lipinski definition) is 1. The van der Waals surface area contributed by atoms with Crippen LogP contribution < -0.4 is 0 Å². The number of rotatable bonds is 8. The highest BCUT2D eigenvalue weighted by molar-refractivity contribution is 7.08. The second-order valence-corrected chi connectivity index (χ2v) is 12.3. The molecule has 3 aromatic carbocycles. The Morgan fingerprint density at radius 1 is 0.923 bits per heavy atom. The summed E-state index contributed by atoms with van der Waals surface area (Å²) in [5.74, 6) is 0.885. The molecule has 1 N–H and O–H groups in total. The van der Waals surface area contributed by atoms with E-state index in [-0.39, 0.29) is 5.91 Å². The average Bonchev–Trinajstić information content (AvgIpc) is 3.65. The number of aryl methyl sites for hydroxylation is 1. The summed E-state index contributed by atoms with van der Waals surface area (Å²) in [5, 5.41) is 17.9. The Hall–Kier alpha value is -2.99. The van der Waals surface area contributed by atoms with Gasteiger partial charge in [-0.25, -0.2) is 0 Å². The quantitative estimate of drug-likeness (QED) is 0.275. The Bertz CT molecular complexity index is 1380. The monoisotopic (exact) mass is 538 g/mol. The van der Waals surface area contributed by atoms with Crippen LogP contribution in [0, 0.1) is 5.92 Å². The van der Waals surface area contributed by atoms with Gasteiger partial charge in [0.25, 0.3) is 5.91 Å². The van der Waals surface area contributed by atoms with Crippen molar-refractivity contribution in [2.24, 2.45) is 5.92 Å². The molecule has 2 aliphatic rings. The SMILES string of the molecule is O=C(c1ccc2ccccc2c1)N1CC(CN2CCC(O)(CCCc3ccccc3)CC2)C(c2ccsc2)C1. The molecular weight excluding hydrogens is 500 g/mol. The molecule has 202 valence electrons. The van der Waals surface area contributed by atoms with Crippen LogP contribution in [-0.4, -0.2) is 59.1 Å². The summed E-state index contributed by atoms with van der Waals surface area (Å²) < 4.78 is 0. The average molecular weight is 539 g/mol. The molecule has 4 nitrogen and oxygen atoms in total. The van der Waals surface area contributed by atoms with E-state index < -0.39 is 5.60 Å². The van der Waals surface area contributed by atoms with E-state index in [9.17, 15) is 9.90 Å². The number of benzene rings is 3. The maximum absolute atomic E-state index is 13.6. The van der Waals surface area contributed by atoms with Crippen molar-refractivity contribution in [3.8, 4) is 0 Å². The predicted octanol–water partition coefficient (Wildman–Crippen LogP) is 6.61. The highest BCUT2D eigenvalue weighted by atomic mass is 32.1. The number of likely N-dealkylation sites (tertiary alicyclic amines) is 2. The Labute approximate surface area is 235 Å². The van der Waals surface area contributed by atoms with Crippen LogP contribution in [0.4, 0.5) is 0 Å². The molecule has 2 saturated heterocycles. The van der Waals surface area contributed by atoms with Gasteiger partial charge >= 0.3 is 0 Å². The molecule has 2 fully saturated rings. The second-order valence-electron chi connectivity index (χ2n) is 11.6. The number of amides is 1. The molecule has 2 unspecified atom stereocenters. The van der Waals surface area contributed by atoms with Gasteiger partial charge in [0.2, 0.25) is 0 Å². The topological polar surface area (TPSA) is 43.8 Å². The molecule has 4 aromatic rings. The zero-order valence-electron chi connectivity index (χ0n) is 22.5. The maximum atomic E-state index is 13.6. The summed E-state index contributed by atoms with van der Waals surface area (Å²) in [6, 6.07) is 27.1. The fourth-order valence-corrected chi connectivity index (χ4v) is 7.32. The third-order valence-electron chi connectivity index (χ3n) is 8.93. The van der Waals surface area contributed by atoms with E-state index in [1.54, 1.807) is 11.3 Å². The Morgan fingerprint density at radius 3 is 2.46 bits per heavy atom. The first-order valence-electron chi connectivity index (χ1n) is 14.4. The van der Waals surface area contributed by atoms with Gasteiger partial charge in [-0.2, -0.15) is 11.3 Å².